The summed E-state index contributed by atoms with van der Waals surface area (Å²) in [7, 11) is 0. The van der Waals surface area contributed by atoms with Crippen LogP contribution in [0.2, 0.25) is 0 Å². The lowest BCUT2D eigenvalue weighted by Crippen LogP contribution is -2.43. The van der Waals surface area contributed by atoms with Gasteiger partial charge in [-0.15, -0.1) is 0 Å². The molecule has 2 atom stereocenters. The minimum Gasteiger partial charge on any atom is -0.342 e. The summed E-state index contributed by atoms with van der Waals surface area (Å²) < 4.78 is 13.5. The van der Waals surface area contributed by atoms with Crippen LogP contribution in [0.15, 0.2) is 24.3 Å². The monoisotopic (exact) mass is 347 g/mol. The molecule has 2 fully saturated rings. The van der Waals surface area contributed by atoms with Crippen LogP contribution in [0.4, 0.5) is 9.18 Å². The molecule has 2 heterocycles. The third-order valence-corrected chi connectivity index (χ3v) is 5.05. The van der Waals surface area contributed by atoms with Gasteiger partial charge in [0.15, 0.2) is 0 Å². The first-order valence-corrected chi connectivity index (χ1v) is 9.12. The van der Waals surface area contributed by atoms with Gasteiger partial charge in [0.05, 0.1) is 6.04 Å². The average Bonchev–Trinajstić information content (AvgIpc) is 3.22. The van der Waals surface area contributed by atoms with Gasteiger partial charge in [-0.3, -0.25) is 4.79 Å². The molecule has 1 N–H and O–H groups in total. The first-order valence-electron chi connectivity index (χ1n) is 9.12. The van der Waals surface area contributed by atoms with E-state index in [9.17, 15) is 14.0 Å². The molecule has 25 heavy (non-hydrogen) atoms. The highest BCUT2D eigenvalue weighted by Gasteiger charge is 2.30. The van der Waals surface area contributed by atoms with Crippen molar-refractivity contribution in [2.24, 2.45) is 5.92 Å². The minimum atomic E-state index is -0.270. The Kier molecular flexibility index (Phi) is 5.56. The third-order valence-electron chi connectivity index (χ3n) is 5.05. The smallest absolute Gasteiger partial charge is 0.317 e. The topological polar surface area (TPSA) is 52.7 Å². The molecule has 1 aromatic rings. The van der Waals surface area contributed by atoms with E-state index in [2.05, 4.69) is 5.32 Å². The number of carbonyl (C=O) groups excluding carboxylic acids is 2. The quantitative estimate of drug-likeness (QED) is 0.890. The largest absolute Gasteiger partial charge is 0.342 e. The fourth-order valence-corrected chi connectivity index (χ4v) is 3.77. The molecule has 5 nitrogen and oxygen atoms in total. The lowest BCUT2D eigenvalue weighted by atomic mass is 10.0. The predicted molar refractivity (Wildman–Crippen MR) is 93.5 cm³/mol. The second kappa shape index (κ2) is 7.85. The number of nitrogens with zero attached hydrogens (tertiary/aromatic N) is 2. The molecule has 0 saturated carbocycles. The van der Waals surface area contributed by atoms with Crippen molar-refractivity contribution in [1.82, 2.24) is 15.1 Å². The maximum Gasteiger partial charge on any atom is 0.317 e. The molecule has 3 amide bonds. The zero-order valence-corrected chi connectivity index (χ0v) is 14.7. The molecule has 2 unspecified atom stereocenters. The van der Waals surface area contributed by atoms with Crippen LogP contribution in [0.1, 0.15) is 44.2 Å². The highest BCUT2D eigenvalue weighted by molar-refractivity contribution is 5.78. The lowest BCUT2D eigenvalue weighted by Gasteiger charge is -2.27. The van der Waals surface area contributed by atoms with Gasteiger partial charge in [-0.1, -0.05) is 19.1 Å². The number of amides is 3. The zero-order chi connectivity index (χ0) is 17.8. The maximum atomic E-state index is 13.5. The van der Waals surface area contributed by atoms with Crippen molar-refractivity contribution in [2.75, 3.05) is 26.2 Å². The Morgan fingerprint density at radius 1 is 1.36 bits per heavy atom. The van der Waals surface area contributed by atoms with Gasteiger partial charge in [-0.2, -0.15) is 0 Å². The van der Waals surface area contributed by atoms with Gasteiger partial charge in [0, 0.05) is 32.6 Å². The number of hydrogen-bond acceptors (Lipinski definition) is 2. The Labute approximate surface area is 148 Å². The van der Waals surface area contributed by atoms with E-state index in [-0.39, 0.29) is 29.7 Å². The van der Waals surface area contributed by atoms with Crippen LogP contribution in [0.3, 0.4) is 0 Å². The predicted octanol–water partition coefficient (Wildman–Crippen LogP) is 2.93. The standard InChI is InChI=1S/C19H26FN3O2/c1-14(13-22-9-4-8-18(22)24)12-21-19(25)23-10-3-7-17(23)15-5-2-6-16(20)11-15/h2,5-6,11,14,17H,3-4,7-10,12-13H2,1H3,(H,21,25). The third kappa shape index (κ3) is 4.30. The van der Waals surface area contributed by atoms with Crippen LogP contribution in [0, 0.1) is 11.7 Å². The first kappa shape index (κ1) is 17.7. The average molecular weight is 347 g/mol. The molecule has 1 aromatic carbocycles. The van der Waals surface area contributed by atoms with Crippen molar-refractivity contribution in [1.29, 1.82) is 0 Å². The van der Waals surface area contributed by atoms with E-state index < -0.39 is 0 Å². The molecule has 0 spiro atoms. The van der Waals surface area contributed by atoms with Crippen molar-refractivity contribution in [3.63, 3.8) is 0 Å². The summed E-state index contributed by atoms with van der Waals surface area (Å²) in [6.45, 7) is 4.78. The van der Waals surface area contributed by atoms with Gasteiger partial charge in [0.25, 0.3) is 0 Å². The molecule has 136 valence electrons. The van der Waals surface area contributed by atoms with E-state index in [0.717, 1.165) is 31.4 Å². The number of halogens is 1. The SMILES string of the molecule is CC(CNC(=O)N1CCCC1c1cccc(F)c1)CN1CCCC1=O. The van der Waals surface area contributed by atoms with Crippen LogP contribution in [-0.4, -0.2) is 47.9 Å². The summed E-state index contributed by atoms with van der Waals surface area (Å²) >= 11 is 0. The summed E-state index contributed by atoms with van der Waals surface area (Å²) in [5.41, 5.74) is 0.850. The Morgan fingerprint density at radius 3 is 2.92 bits per heavy atom. The van der Waals surface area contributed by atoms with Crippen molar-refractivity contribution in [2.45, 2.75) is 38.6 Å². The number of carbonyl (C=O) groups is 2. The van der Waals surface area contributed by atoms with E-state index >= 15 is 0 Å². The van der Waals surface area contributed by atoms with Crippen LogP contribution in [0.25, 0.3) is 0 Å². The summed E-state index contributed by atoms with van der Waals surface area (Å²) in [5.74, 6) is 0.152. The zero-order valence-electron chi connectivity index (χ0n) is 14.7. The molecule has 3 rings (SSSR count). The Hall–Kier alpha value is -2.11. The molecule has 2 aliphatic heterocycles. The van der Waals surface area contributed by atoms with Gasteiger partial charge in [-0.25, -0.2) is 9.18 Å². The van der Waals surface area contributed by atoms with Crippen molar-refractivity contribution in [3.05, 3.63) is 35.6 Å². The number of hydrogen-bond donors (Lipinski definition) is 1. The highest BCUT2D eigenvalue weighted by atomic mass is 19.1. The van der Waals surface area contributed by atoms with E-state index in [1.807, 2.05) is 17.9 Å². The van der Waals surface area contributed by atoms with Crippen molar-refractivity contribution < 1.29 is 14.0 Å². The second-order valence-corrected chi connectivity index (χ2v) is 7.14. The van der Waals surface area contributed by atoms with Crippen molar-refractivity contribution >= 4 is 11.9 Å². The van der Waals surface area contributed by atoms with Crippen molar-refractivity contribution in [3.8, 4) is 0 Å². The molecule has 0 aromatic heterocycles. The molecule has 6 heteroatoms. The summed E-state index contributed by atoms with van der Waals surface area (Å²) in [5, 5.41) is 2.98. The summed E-state index contributed by atoms with van der Waals surface area (Å²) in [4.78, 5) is 27.9. The van der Waals surface area contributed by atoms with Crippen LogP contribution in [0.5, 0.6) is 0 Å². The Morgan fingerprint density at radius 2 is 2.20 bits per heavy atom. The maximum absolute atomic E-state index is 13.5. The summed E-state index contributed by atoms with van der Waals surface area (Å²) in [6.07, 6.45) is 3.35. The van der Waals surface area contributed by atoms with E-state index in [1.165, 1.54) is 12.1 Å². The Balaban J connectivity index is 1.52. The van der Waals surface area contributed by atoms with Gasteiger partial charge < -0.3 is 15.1 Å². The molecular weight excluding hydrogens is 321 g/mol. The molecule has 0 bridgehead atoms. The second-order valence-electron chi connectivity index (χ2n) is 7.14. The minimum absolute atomic E-state index is 0.0637. The van der Waals surface area contributed by atoms with E-state index in [0.29, 0.717) is 26.1 Å². The van der Waals surface area contributed by atoms with Gasteiger partial charge in [0.1, 0.15) is 5.82 Å². The molecule has 2 aliphatic rings. The van der Waals surface area contributed by atoms with E-state index in [1.54, 1.807) is 11.0 Å². The van der Waals surface area contributed by atoms with E-state index in [4.69, 9.17) is 0 Å². The molecule has 2 saturated heterocycles. The number of likely N-dealkylation sites (tertiary alicyclic amines) is 2. The fourth-order valence-electron chi connectivity index (χ4n) is 3.77. The van der Waals surface area contributed by atoms with Gasteiger partial charge in [0.2, 0.25) is 5.91 Å². The molecule has 0 radical (unpaired) electrons. The molecular formula is C19H26FN3O2. The first-order chi connectivity index (χ1) is 12.0. The lowest BCUT2D eigenvalue weighted by molar-refractivity contribution is -0.128. The highest BCUT2D eigenvalue weighted by Crippen LogP contribution is 2.32. The number of benzene rings is 1. The van der Waals surface area contributed by atoms with Crippen LogP contribution < -0.4 is 5.32 Å². The van der Waals surface area contributed by atoms with Gasteiger partial charge in [-0.05, 0) is 42.9 Å². The normalized spacial score (nSPS) is 21.7. The van der Waals surface area contributed by atoms with Crippen LogP contribution >= 0.6 is 0 Å². The van der Waals surface area contributed by atoms with Gasteiger partial charge >= 0.3 is 6.03 Å². The summed E-state index contributed by atoms with van der Waals surface area (Å²) in [6, 6.07) is 6.33. The fraction of sp³-hybridized carbons (Fsp3) is 0.579. The Bertz CT molecular complexity index is 637. The number of nitrogens with one attached hydrogen (secondary N) is 1. The van der Waals surface area contributed by atoms with Crippen LogP contribution in [-0.2, 0) is 4.79 Å². The molecule has 0 aliphatic carbocycles. The number of urea groups is 1. The number of rotatable bonds is 5.